The summed E-state index contributed by atoms with van der Waals surface area (Å²) in [5.41, 5.74) is 0. The predicted molar refractivity (Wildman–Crippen MR) is 72.0 cm³/mol. The molecule has 0 radical (unpaired) electrons. The third-order valence-electron chi connectivity index (χ3n) is 2.68. The van der Waals surface area contributed by atoms with Crippen molar-refractivity contribution in [1.29, 1.82) is 0 Å². The van der Waals surface area contributed by atoms with Gasteiger partial charge >= 0.3 is 0 Å². The van der Waals surface area contributed by atoms with Crippen molar-refractivity contribution in [2.24, 2.45) is 0 Å². The number of unbranched alkanes of at least 4 members (excludes halogenated alkanes) is 4. The van der Waals surface area contributed by atoms with E-state index in [4.69, 9.17) is 0 Å². The van der Waals surface area contributed by atoms with Crippen LogP contribution in [0, 0.1) is 0 Å². The molecule has 0 aliphatic heterocycles. The summed E-state index contributed by atoms with van der Waals surface area (Å²) in [6, 6.07) is 0. The standard InChI is InChI=1S/C13H24N2S/c1-3-5-6-7-8-9-14-11-13-15-10-12(4-2)16-13/h10,14H,3-9,11H2,1-2H3. The Kier molecular flexibility index (Phi) is 7.43. The normalized spacial score (nSPS) is 10.9. The molecular weight excluding hydrogens is 216 g/mol. The number of thiazole rings is 1. The second kappa shape index (κ2) is 8.71. The highest BCUT2D eigenvalue weighted by atomic mass is 32.1. The van der Waals surface area contributed by atoms with Gasteiger partial charge in [0.2, 0.25) is 0 Å². The Balaban J connectivity index is 1.98. The fourth-order valence-corrected chi connectivity index (χ4v) is 2.47. The van der Waals surface area contributed by atoms with Crippen LogP contribution in [-0.4, -0.2) is 11.5 Å². The van der Waals surface area contributed by atoms with Crippen molar-refractivity contribution in [3.8, 4) is 0 Å². The van der Waals surface area contributed by atoms with Gasteiger partial charge in [0.15, 0.2) is 0 Å². The van der Waals surface area contributed by atoms with Crippen LogP contribution in [0.15, 0.2) is 6.20 Å². The van der Waals surface area contributed by atoms with Crippen LogP contribution in [-0.2, 0) is 13.0 Å². The van der Waals surface area contributed by atoms with Gasteiger partial charge in [0.05, 0.1) is 0 Å². The van der Waals surface area contributed by atoms with Gasteiger partial charge in [-0.05, 0) is 19.4 Å². The number of hydrogen-bond acceptors (Lipinski definition) is 3. The number of nitrogens with one attached hydrogen (secondary N) is 1. The highest BCUT2D eigenvalue weighted by Crippen LogP contribution is 2.12. The Labute approximate surface area is 103 Å². The fourth-order valence-electron chi connectivity index (χ4n) is 1.64. The third kappa shape index (κ3) is 5.61. The van der Waals surface area contributed by atoms with Crippen molar-refractivity contribution in [1.82, 2.24) is 10.3 Å². The Hall–Kier alpha value is -0.410. The molecule has 1 heterocycles. The van der Waals surface area contributed by atoms with Crippen LogP contribution < -0.4 is 5.32 Å². The summed E-state index contributed by atoms with van der Waals surface area (Å²) < 4.78 is 0. The van der Waals surface area contributed by atoms with Crippen LogP contribution in [0.5, 0.6) is 0 Å². The first-order valence-electron chi connectivity index (χ1n) is 6.51. The molecule has 0 aromatic carbocycles. The van der Waals surface area contributed by atoms with Crippen LogP contribution in [0.2, 0.25) is 0 Å². The van der Waals surface area contributed by atoms with Crippen molar-refractivity contribution >= 4 is 11.3 Å². The van der Waals surface area contributed by atoms with Gasteiger partial charge in [-0.15, -0.1) is 11.3 Å². The van der Waals surface area contributed by atoms with E-state index in [2.05, 4.69) is 24.1 Å². The minimum Gasteiger partial charge on any atom is -0.310 e. The zero-order valence-electron chi connectivity index (χ0n) is 10.6. The molecule has 1 rings (SSSR count). The molecule has 0 atom stereocenters. The molecule has 92 valence electrons. The smallest absolute Gasteiger partial charge is 0.107 e. The number of nitrogens with zero attached hydrogens (tertiary/aromatic N) is 1. The first kappa shape index (κ1) is 13.7. The Morgan fingerprint density at radius 3 is 2.69 bits per heavy atom. The second-order valence-electron chi connectivity index (χ2n) is 4.16. The van der Waals surface area contributed by atoms with Crippen molar-refractivity contribution in [2.75, 3.05) is 6.54 Å². The molecule has 3 heteroatoms. The molecule has 0 bridgehead atoms. The zero-order chi connectivity index (χ0) is 11.6. The lowest BCUT2D eigenvalue weighted by Crippen LogP contribution is -2.14. The summed E-state index contributed by atoms with van der Waals surface area (Å²) in [6.45, 7) is 6.51. The molecule has 16 heavy (non-hydrogen) atoms. The monoisotopic (exact) mass is 240 g/mol. The van der Waals surface area contributed by atoms with E-state index in [-0.39, 0.29) is 0 Å². The average molecular weight is 240 g/mol. The molecule has 0 aliphatic carbocycles. The molecule has 0 saturated carbocycles. The lowest BCUT2D eigenvalue weighted by atomic mass is 10.1. The average Bonchev–Trinajstić information content (AvgIpc) is 2.76. The highest BCUT2D eigenvalue weighted by Gasteiger charge is 1.99. The molecule has 0 amide bonds. The quantitative estimate of drug-likeness (QED) is 0.665. The van der Waals surface area contributed by atoms with Gasteiger partial charge in [-0.1, -0.05) is 39.5 Å². The van der Waals surface area contributed by atoms with Crippen molar-refractivity contribution in [3.05, 3.63) is 16.1 Å². The van der Waals surface area contributed by atoms with Crippen LogP contribution in [0.4, 0.5) is 0 Å². The first-order chi connectivity index (χ1) is 7.86. The van der Waals surface area contributed by atoms with Gasteiger partial charge in [-0.25, -0.2) is 4.98 Å². The fraction of sp³-hybridized carbons (Fsp3) is 0.769. The van der Waals surface area contributed by atoms with Gasteiger partial charge in [0, 0.05) is 17.6 Å². The lowest BCUT2D eigenvalue weighted by Gasteiger charge is -2.02. The minimum absolute atomic E-state index is 0.943. The van der Waals surface area contributed by atoms with Gasteiger partial charge in [0.25, 0.3) is 0 Å². The number of aryl methyl sites for hydroxylation is 1. The predicted octanol–water partition coefficient (Wildman–Crippen LogP) is 3.77. The number of rotatable bonds is 9. The summed E-state index contributed by atoms with van der Waals surface area (Å²) in [7, 11) is 0. The lowest BCUT2D eigenvalue weighted by molar-refractivity contribution is 0.583. The van der Waals surface area contributed by atoms with E-state index in [1.165, 1.54) is 42.0 Å². The van der Waals surface area contributed by atoms with Crippen molar-refractivity contribution in [3.63, 3.8) is 0 Å². The number of aromatic nitrogens is 1. The summed E-state index contributed by atoms with van der Waals surface area (Å²) in [4.78, 5) is 5.78. The second-order valence-corrected chi connectivity index (χ2v) is 5.36. The third-order valence-corrected chi connectivity index (χ3v) is 3.82. The molecular formula is C13H24N2S. The van der Waals surface area contributed by atoms with Crippen LogP contribution in [0.3, 0.4) is 0 Å². The zero-order valence-corrected chi connectivity index (χ0v) is 11.4. The van der Waals surface area contributed by atoms with Crippen molar-refractivity contribution < 1.29 is 0 Å². The number of hydrogen-bond donors (Lipinski definition) is 1. The van der Waals surface area contributed by atoms with E-state index in [1.807, 2.05) is 17.5 Å². The van der Waals surface area contributed by atoms with Gasteiger partial charge in [-0.2, -0.15) is 0 Å². The SMILES string of the molecule is CCCCCCCNCc1ncc(CC)s1. The summed E-state index contributed by atoms with van der Waals surface area (Å²) in [6.07, 6.45) is 9.86. The maximum absolute atomic E-state index is 4.39. The van der Waals surface area contributed by atoms with E-state index >= 15 is 0 Å². The minimum atomic E-state index is 0.943. The van der Waals surface area contributed by atoms with E-state index in [0.29, 0.717) is 0 Å². The summed E-state index contributed by atoms with van der Waals surface area (Å²) in [5, 5.41) is 4.69. The molecule has 1 N–H and O–H groups in total. The molecule has 0 aliphatic rings. The van der Waals surface area contributed by atoms with E-state index in [0.717, 1.165) is 19.5 Å². The summed E-state index contributed by atoms with van der Waals surface area (Å²) in [5.74, 6) is 0. The molecule has 0 saturated heterocycles. The maximum Gasteiger partial charge on any atom is 0.107 e. The topological polar surface area (TPSA) is 24.9 Å². The van der Waals surface area contributed by atoms with Crippen LogP contribution >= 0.6 is 11.3 Å². The Bertz CT molecular complexity index is 271. The van der Waals surface area contributed by atoms with Crippen molar-refractivity contribution in [2.45, 2.75) is 58.9 Å². The van der Waals surface area contributed by atoms with Gasteiger partial charge in [-0.3, -0.25) is 0 Å². The van der Waals surface area contributed by atoms with E-state index in [1.54, 1.807) is 0 Å². The molecule has 0 unspecified atom stereocenters. The van der Waals surface area contributed by atoms with Gasteiger partial charge < -0.3 is 5.32 Å². The largest absolute Gasteiger partial charge is 0.310 e. The Morgan fingerprint density at radius 1 is 1.19 bits per heavy atom. The van der Waals surface area contributed by atoms with E-state index in [9.17, 15) is 0 Å². The molecule has 2 nitrogen and oxygen atoms in total. The van der Waals surface area contributed by atoms with Gasteiger partial charge in [0.1, 0.15) is 5.01 Å². The van der Waals surface area contributed by atoms with Crippen LogP contribution in [0.25, 0.3) is 0 Å². The highest BCUT2D eigenvalue weighted by molar-refractivity contribution is 7.11. The maximum atomic E-state index is 4.39. The molecule has 1 aromatic rings. The summed E-state index contributed by atoms with van der Waals surface area (Å²) >= 11 is 1.83. The molecule has 0 fully saturated rings. The van der Waals surface area contributed by atoms with Crippen LogP contribution in [0.1, 0.15) is 55.8 Å². The first-order valence-corrected chi connectivity index (χ1v) is 7.32. The molecule has 1 aromatic heterocycles. The molecule has 0 spiro atoms. The van der Waals surface area contributed by atoms with E-state index < -0.39 is 0 Å². The Morgan fingerprint density at radius 2 is 2.00 bits per heavy atom.